The first kappa shape index (κ1) is 28.2. The molecule has 1 unspecified atom stereocenters. The zero-order chi connectivity index (χ0) is 27.8. The number of aryl methyl sites for hydroxylation is 1. The summed E-state index contributed by atoms with van der Waals surface area (Å²) in [5.41, 5.74) is 6.23. The van der Waals surface area contributed by atoms with Crippen LogP contribution in [0.1, 0.15) is 59.6 Å². The van der Waals surface area contributed by atoms with Gasteiger partial charge in [0, 0.05) is 5.02 Å². The third kappa shape index (κ3) is 6.85. The standard InChI is InChI=1S/C36H37ClO3/c1-2-27-15-17-28(18-16-27)22-32-23-33(19-20-34(32)37)36(38)21-9-14-31(26-39-24-29-10-5-3-6-11-29)35(36)40-25-30-12-7-4-8-13-30/h3-8,10-13,15-20,23,38H,2,9,14,21-22,24-26H2,1H3. The van der Waals surface area contributed by atoms with Crippen LogP contribution in [0, 0.1) is 0 Å². The Kier molecular flexibility index (Phi) is 9.38. The topological polar surface area (TPSA) is 38.7 Å². The Labute approximate surface area is 243 Å². The third-order valence-electron chi connectivity index (χ3n) is 7.68. The Morgan fingerprint density at radius 3 is 2.08 bits per heavy atom. The first-order valence-electron chi connectivity index (χ1n) is 14.1. The second-order valence-corrected chi connectivity index (χ2v) is 11.0. The summed E-state index contributed by atoms with van der Waals surface area (Å²) in [6, 6.07) is 34.8. The van der Waals surface area contributed by atoms with Gasteiger partial charge in [-0.1, -0.05) is 116 Å². The number of hydrogen-bond acceptors (Lipinski definition) is 3. The molecule has 1 aliphatic carbocycles. The molecule has 0 heterocycles. The van der Waals surface area contributed by atoms with E-state index in [1.807, 2.05) is 60.7 Å². The molecule has 1 N–H and O–H groups in total. The van der Waals surface area contributed by atoms with E-state index in [4.69, 9.17) is 21.1 Å². The molecule has 0 saturated heterocycles. The highest BCUT2D eigenvalue weighted by atomic mass is 35.5. The van der Waals surface area contributed by atoms with Gasteiger partial charge in [-0.2, -0.15) is 0 Å². The van der Waals surface area contributed by atoms with Gasteiger partial charge in [-0.25, -0.2) is 0 Å². The number of aliphatic hydroxyl groups is 1. The zero-order valence-corrected chi connectivity index (χ0v) is 23.9. The quantitative estimate of drug-likeness (QED) is 0.202. The van der Waals surface area contributed by atoms with Gasteiger partial charge in [0.25, 0.3) is 0 Å². The summed E-state index contributed by atoms with van der Waals surface area (Å²) in [7, 11) is 0. The monoisotopic (exact) mass is 552 g/mol. The van der Waals surface area contributed by atoms with E-state index in [0.29, 0.717) is 43.4 Å². The molecule has 4 aromatic carbocycles. The lowest BCUT2D eigenvalue weighted by Crippen LogP contribution is -2.34. The van der Waals surface area contributed by atoms with E-state index in [1.54, 1.807) is 0 Å². The maximum absolute atomic E-state index is 12.3. The van der Waals surface area contributed by atoms with Crippen LogP contribution in [0.15, 0.2) is 114 Å². The van der Waals surface area contributed by atoms with Crippen molar-refractivity contribution >= 4 is 11.6 Å². The SMILES string of the molecule is CCc1ccc(Cc2cc(C3(O)CCCC(COCc4ccccc4)=C3OCc3ccccc3)ccc2Cl)cc1. The Balaban J connectivity index is 1.44. The highest BCUT2D eigenvalue weighted by molar-refractivity contribution is 6.31. The molecule has 0 radical (unpaired) electrons. The van der Waals surface area contributed by atoms with E-state index in [0.717, 1.165) is 47.1 Å². The van der Waals surface area contributed by atoms with Crippen LogP contribution in [0.2, 0.25) is 5.02 Å². The van der Waals surface area contributed by atoms with Gasteiger partial charge in [0.2, 0.25) is 0 Å². The van der Waals surface area contributed by atoms with E-state index < -0.39 is 5.60 Å². The minimum absolute atomic E-state index is 0.380. The predicted octanol–water partition coefficient (Wildman–Crippen LogP) is 8.55. The van der Waals surface area contributed by atoms with Gasteiger partial charge in [-0.15, -0.1) is 0 Å². The minimum atomic E-state index is -1.26. The summed E-state index contributed by atoms with van der Waals surface area (Å²) in [6.45, 7) is 3.46. The van der Waals surface area contributed by atoms with Crippen molar-refractivity contribution in [3.8, 4) is 0 Å². The Morgan fingerprint density at radius 2 is 1.40 bits per heavy atom. The van der Waals surface area contributed by atoms with Crippen LogP contribution in [-0.4, -0.2) is 11.7 Å². The van der Waals surface area contributed by atoms with Gasteiger partial charge in [-0.3, -0.25) is 0 Å². The van der Waals surface area contributed by atoms with E-state index in [2.05, 4.69) is 49.4 Å². The average molecular weight is 553 g/mol. The number of rotatable bonds is 11. The van der Waals surface area contributed by atoms with E-state index in [1.165, 1.54) is 11.1 Å². The van der Waals surface area contributed by atoms with Crippen molar-refractivity contribution in [2.75, 3.05) is 6.61 Å². The van der Waals surface area contributed by atoms with Crippen LogP contribution in [0.4, 0.5) is 0 Å². The van der Waals surface area contributed by atoms with Gasteiger partial charge in [0.05, 0.1) is 13.2 Å². The van der Waals surface area contributed by atoms with Gasteiger partial charge in [0.15, 0.2) is 0 Å². The molecule has 1 atom stereocenters. The largest absolute Gasteiger partial charge is 0.490 e. The summed E-state index contributed by atoms with van der Waals surface area (Å²) < 4.78 is 12.6. The molecule has 0 bridgehead atoms. The second-order valence-electron chi connectivity index (χ2n) is 10.6. The molecule has 4 heteroatoms. The number of ether oxygens (including phenoxy) is 2. The van der Waals surface area contributed by atoms with Crippen molar-refractivity contribution in [1.29, 1.82) is 0 Å². The molecular weight excluding hydrogens is 516 g/mol. The minimum Gasteiger partial charge on any atom is -0.490 e. The van der Waals surface area contributed by atoms with Gasteiger partial charge >= 0.3 is 0 Å². The number of benzene rings is 4. The van der Waals surface area contributed by atoms with Gasteiger partial charge in [-0.05, 0) is 77.1 Å². The maximum atomic E-state index is 12.3. The first-order valence-corrected chi connectivity index (χ1v) is 14.5. The maximum Gasteiger partial charge on any atom is 0.146 e. The summed E-state index contributed by atoms with van der Waals surface area (Å²) in [5, 5.41) is 13.0. The fraction of sp³-hybridized carbons (Fsp3) is 0.278. The lowest BCUT2D eigenvalue weighted by Gasteiger charge is -2.37. The van der Waals surface area contributed by atoms with Crippen LogP contribution in [0.3, 0.4) is 0 Å². The molecule has 206 valence electrons. The molecule has 0 amide bonds. The number of halogens is 1. The Morgan fingerprint density at radius 1 is 0.750 bits per heavy atom. The highest BCUT2D eigenvalue weighted by Gasteiger charge is 2.40. The van der Waals surface area contributed by atoms with Crippen LogP contribution in [-0.2, 0) is 41.1 Å². The van der Waals surface area contributed by atoms with Crippen molar-refractivity contribution in [2.24, 2.45) is 0 Å². The molecule has 0 spiro atoms. The molecule has 5 rings (SSSR count). The van der Waals surface area contributed by atoms with Crippen molar-refractivity contribution < 1.29 is 14.6 Å². The van der Waals surface area contributed by atoms with Crippen LogP contribution < -0.4 is 0 Å². The lowest BCUT2D eigenvalue weighted by molar-refractivity contribution is -0.0195. The van der Waals surface area contributed by atoms with Crippen molar-refractivity contribution in [3.05, 3.63) is 153 Å². The van der Waals surface area contributed by atoms with Crippen LogP contribution in [0.25, 0.3) is 0 Å². The summed E-state index contributed by atoms with van der Waals surface area (Å²) in [5.74, 6) is 0.608. The predicted molar refractivity (Wildman–Crippen MR) is 162 cm³/mol. The summed E-state index contributed by atoms with van der Waals surface area (Å²) in [4.78, 5) is 0. The Hall–Kier alpha value is -3.37. The fourth-order valence-corrected chi connectivity index (χ4v) is 5.57. The van der Waals surface area contributed by atoms with Crippen LogP contribution >= 0.6 is 11.6 Å². The lowest BCUT2D eigenvalue weighted by atomic mass is 9.79. The summed E-state index contributed by atoms with van der Waals surface area (Å²) >= 11 is 6.68. The highest BCUT2D eigenvalue weighted by Crippen LogP contribution is 2.43. The van der Waals surface area contributed by atoms with Gasteiger partial charge < -0.3 is 14.6 Å². The summed E-state index contributed by atoms with van der Waals surface area (Å²) in [6.07, 6.45) is 3.95. The fourth-order valence-electron chi connectivity index (χ4n) is 5.39. The van der Waals surface area contributed by atoms with E-state index in [9.17, 15) is 5.11 Å². The third-order valence-corrected chi connectivity index (χ3v) is 8.05. The van der Waals surface area contributed by atoms with Gasteiger partial charge in [0.1, 0.15) is 18.0 Å². The molecule has 4 aromatic rings. The molecule has 40 heavy (non-hydrogen) atoms. The molecule has 0 aromatic heterocycles. The zero-order valence-electron chi connectivity index (χ0n) is 23.1. The number of hydrogen-bond donors (Lipinski definition) is 1. The van der Waals surface area contributed by atoms with Crippen molar-refractivity contribution in [1.82, 2.24) is 0 Å². The normalized spacial score (nSPS) is 17.2. The smallest absolute Gasteiger partial charge is 0.146 e. The van der Waals surface area contributed by atoms with Crippen LogP contribution in [0.5, 0.6) is 0 Å². The van der Waals surface area contributed by atoms with Crippen molar-refractivity contribution in [2.45, 2.75) is 57.8 Å². The average Bonchev–Trinajstić information content (AvgIpc) is 2.99. The molecule has 1 aliphatic rings. The molecule has 0 fully saturated rings. The molecule has 0 aliphatic heterocycles. The Bertz CT molecular complexity index is 1410. The van der Waals surface area contributed by atoms with E-state index >= 15 is 0 Å². The second kappa shape index (κ2) is 13.3. The molecular formula is C36H37ClO3. The van der Waals surface area contributed by atoms with E-state index in [-0.39, 0.29) is 0 Å². The molecule has 0 saturated carbocycles. The molecule has 3 nitrogen and oxygen atoms in total. The first-order chi connectivity index (χ1) is 19.5. The van der Waals surface area contributed by atoms with Crippen molar-refractivity contribution in [3.63, 3.8) is 0 Å².